The lowest BCUT2D eigenvalue weighted by Gasteiger charge is -2.38. The molecule has 1 amide bonds. The minimum atomic E-state index is -0.459. The monoisotopic (exact) mass is 390 g/mol. The highest BCUT2D eigenvalue weighted by Crippen LogP contribution is 2.35. The van der Waals surface area contributed by atoms with Crippen LogP contribution in [0.4, 0.5) is 10.3 Å². The van der Waals surface area contributed by atoms with Crippen LogP contribution < -0.4 is 9.64 Å². The first-order chi connectivity index (χ1) is 13.1. The van der Waals surface area contributed by atoms with Gasteiger partial charge in [-0.3, -0.25) is 4.79 Å². The molecule has 1 aromatic carbocycles. The van der Waals surface area contributed by atoms with Gasteiger partial charge in [0, 0.05) is 24.7 Å². The van der Waals surface area contributed by atoms with E-state index in [1.165, 1.54) is 12.4 Å². The smallest absolute Gasteiger partial charge is 0.257 e. The molecule has 0 bridgehead atoms. The van der Waals surface area contributed by atoms with E-state index >= 15 is 0 Å². The highest BCUT2D eigenvalue weighted by Gasteiger charge is 2.41. The molecule has 6 nitrogen and oxygen atoms in total. The van der Waals surface area contributed by atoms with Gasteiger partial charge in [0.15, 0.2) is 5.82 Å². The average molecular weight is 391 g/mol. The summed E-state index contributed by atoms with van der Waals surface area (Å²) in [5.41, 5.74) is 0.473. The van der Waals surface area contributed by atoms with Crippen molar-refractivity contribution in [1.29, 1.82) is 0 Å². The van der Waals surface area contributed by atoms with Crippen LogP contribution >= 0.6 is 11.6 Å². The lowest BCUT2D eigenvalue weighted by molar-refractivity contribution is 0.0708. The van der Waals surface area contributed by atoms with Gasteiger partial charge >= 0.3 is 0 Å². The third-order valence-corrected chi connectivity index (χ3v) is 5.64. The quantitative estimate of drug-likeness (QED) is 0.806. The molecule has 0 saturated carbocycles. The Morgan fingerprint density at radius 2 is 2.00 bits per heavy atom. The fraction of sp³-hybridized carbons (Fsp3) is 0.421. The Balaban J connectivity index is 1.57. The van der Waals surface area contributed by atoms with Crippen LogP contribution in [0.2, 0.25) is 5.02 Å². The number of nitrogens with zero attached hydrogens (tertiary/aromatic N) is 4. The Morgan fingerprint density at radius 3 is 2.74 bits per heavy atom. The largest absolute Gasteiger partial charge is 0.496 e. The number of carbonyl (C=O) groups excluding carboxylic acids is 1. The minimum absolute atomic E-state index is 0.0589. The van der Waals surface area contributed by atoms with Crippen molar-refractivity contribution in [2.75, 3.05) is 31.6 Å². The average Bonchev–Trinajstić information content (AvgIpc) is 3.11. The zero-order valence-electron chi connectivity index (χ0n) is 14.9. The summed E-state index contributed by atoms with van der Waals surface area (Å²) >= 11 is 6.10. The zero-order valence-corrected chi connectivity index (χ0v) is 15.7. The zero-order chi connectivity index (χ0) is 19.0. The van der Waals surface area contributed by atoms with Gasteiger partial charge in [-0.05, 0) is 37.0 Å². The lowest BCUT2D eigenvalue weighted by Crippen LogP contribution is -2.50. The van der Waals surface area contributed by atoms with E-state index in [-0.39, 0.29) is 11.9 Å². The van der Waals surface area contributed by atoms with Crippen molar-refractivity contribution in [1.82, 2.24) is 14.9 Å². The number of methoxy groups -OCH3 is 1. The third-order valence-electron chi connectivity index (χ3n) is 5.40. The Kier molecular flexibility index (Phi) is 4.86. The van der Waals surface area contributed by atoms with Gasteiger partial charge in [-0.1, -0.05) is 11.6 Å². The van der Waals surface area contributed by atoms with Gasteiger partial charge in [0.05, 0.1) is 31.1 Å². The number of hydrogen-bond acceptors (Lipinski definition) is 5. The summed E-state index contributed by atoms with van der Waals surface area (Å²) in [7, 11) is 1.54. The molecule has 0 aliphatic carbocycles. The summed E-state index contributed by atoms with van der Waals surface area (Å²) in [4.78, 5) is 25.3. The first kappa shape index (κ1) is 18.0. The number of fused-ring (bicyclic) bond motifs is 1. The summed E-state index contributed by atoms with van der Waals surface area (Å²) in [6, 6.07) is 5.13. The van der Waals surface area contributed by atoms with Crippen LogP contribution in [-0.4, -0.2) is 53.6 Å². The standard InChI is InChI=1S/C19H20ClFN4O2/c1-27-17-3-2-13(20)8-15(17)18(26)25-7-5-12-4-6-24(11-16(12)25)19-22-9-14(21)10-23-19/h2-3,8-10,12,16H,4-7,11H2,1H3. The van der Waals surface area contributed by atoms with E-state index in [2.05, 4.69) is 9.97 Å². The molecule has 1 aromatic heterocycles. The third kappa shape index (κ3) is 3.43. The molecule has 27 heavy (non-hydrogen) atoms. The summed E-state index contributed by atoms with van der Waals surface area (Å²) in [5, 5.41) is 0.500. The number of anilines is 1. The number of carbonyl (C=O) groups is 1. The maximum absolute atomic E-state index is 13.2. The molecule has 3 heterocycles. The Morgan fingerprint density at radius 1 is 1.26 bits per heavy atom. The molecular weight excluding hydrogens is 371 g/mol. The SMILES string of the molecule is COc1ccc(Cl)cc1C(=O)N1CCC2CCN(c3ncc(F)cn3)CC21. The highest BCUT2D eigenvalue weighted by molar-refractivity contribution is 6.31. The maximum atomic E-state index is 13.2. The van der Waals surface area contributed by atoms with E-state index in [9.17, 15) is 9.18 Å². The van der Waals surface area contributed by atoms with Crippen LogP contribution in [0.3, 0.4) is 0 Å². The number of halogens is 2. The van der Waals surface area contributed by atoms with Crippen molar-refractivity contribution in [2.45, 2.75) is 18.9 Å². The van der Waals surface area contributed by atoms with Crippen molar-refractivity contribution >= 4 is 23.5 Å². The molecule has 2 unspecified atom stereocenters. The van der Waals surface area contributed by atoms with Crippen LogP contribution in [-0.2, 0) is 0 Å². The van der Waals surface area contributed by atoms with Crippen LogP contribution in [0.15, 0.2) is 30.6 Å². The Hall–Kier alpha value is -2.41. The molecule has 2 aliphatic rings. The van der Waals surface area contributed by atoms with Crippen molar-refractivity contribution in [2.24, 2.45) is 5.92 Å². The molecule has 0 N–H and O–H groups in total. The lowest BCUT2D eigenvalue weighted by atomic mass is 9.92. The first-order valence-electron chi connectivity index (χ1n) is 8.94. The van der Waals surface area contributed by atoms with Gasteiger partial charge in [0.2, 0.25) is 5.95 Å². The normalized spacial score (nSPS) is 21.9. The van der Waals surface area contributed by atoms with Gasteiger partial charge in [-0.15, -0.1) is 0 Å². The van der Waals surface area contributed by atoms with Crippen molar-refractivity contribution in [3.63, 3.8) is 0 Å². The summed E-state index contributed by atoms with van der Waals surface area (Å²) in [6.07, 6.45) is 4.25. The van der Waals surface area contributed by atoms with E-state index in [0.717, 1.165) is 19.4 Å². The molecule has 142 valence electrons. The van der Waals surface area contributed by atoms with Crippen molar-refractivity contribution in [3.05, 3.63) is 47.0 Å². The number of ether oxygens (including phenoxy) is 1. The molecule has 4 rings (SSSR count). The van der Waals surface area contributed by atoms with Gasteiger partial charge < -0.3 is 14.5 Å². The van der Waals surface area contributed by atoms with Gasteiger partial charge in [-0.25, -0.2) is 14.4 Å². The predicted molar refractivity (Wildman–Crippen MR) is 99.8 cm³/mol. The molecule has 0 spiro atoms. The van der Waals surface area contributed by atoms with Crippen LogP contribution in [0.5, 0.6) is 5.75 Å². The maximum Gasteiger partial charge on any atom is 0.257 e. The van der Waals surface area contributed by atoms with Crippen molar-refractivity contribution in [3.8, 4) is 5.75 Å². The number of amides is 1. The number of likely N-dealkylation sites (tertiary alicyclic amines) is 1. The highest BCUT2D eigenvalue weighted by atomic mass is 35.5. The number of aromatic nitrogens is 2. The molecular formula is C19H20ClFN4O2. The predicted octanol–water partition coefficient (Wildman–Crippen LogP) is 3.02. The van der Waals surface area contributed by atoms with Crippen molar-refractivity contribution < 1.29 is 13.9 Å². The molecule has 8 heteroatoms. The summed E-state index contributed by atoms with van der Waals surface area (Å²) in [5.74, 6) is 0.913. The first-order valence-corrected chi connectivity index (χ1v) is 9.31. The molecule has 2 aliphatic heterocycles. The number of benzene rings is 1. The van der Waals surface area contributed by atoms with Gasteiger partial charge in [-0.2, -0.15) is 0 Å². The number of hydrogen-bond donors (Lipinski definition) is 0. The fourth-order valence-corrected chi connectivity index (χ4v) is 4.22. The summed E-state index contributed by atoms with van der Waals surface area (Å²) in [6.45, 7) is 2.13. The van der Waals surface area contributed by atoms with E-state index in [4.69, 9.17) is 16.3 Å². The van der Waals surface area contributed by atoms with E-state index in [1.54, 1.807) is 25.3 Å². The van der Waals surface area contributed by atoms with Gasteiger partial charge in [0.1, 0.15) is 5.75 Å². The van der Waals surface area contributed by atoms with E-state index in [0.29, 0.717) is 41.3 Å². The molecule has 2 fully saturated rings. The number of piperidine rings is 1. The second-order valence-corrected chi connectivity index (χ2v) is 7.33. The van der Waals surface area contributed by atoms with E-state index < -0.39 is 5.82 Å². The fourth-order valence-electron chi connectivity index (χ4n) is 4.05. The van der Waals surface area contributed by atoms with E-state index in [1.807, 2.05) is 9.80 Å². The molecule has 0 radical (unpaired) electrons. The molecule has 2 atom stereocenters. The second kappa shape index (κ2) is 7.31. The van der Waals surface area contributed by atoms with Crippen LogP contribution in [0.1, 0.15) is 23.2 Å². The molecule has 2 saturated heterocycles. The van der Waals surface area contributed by atoms with Gasteiger partial charge in [0.25, 0.3) is 5.91 Å². The second-order valence-electron chi connectivity index (χ2n) is 6.90. The number of rotatable bonds is 3. The Labute approximate surface area is 161 Å². The topological polar surface area (TPSA) is 58.6 Å². The summed E-state index contributed by atoms with van der Waals surface area (Å²) < 4.78 is 18.5. The molecule has 2 aromatic rings. The van der Waals surface area contributed by atoms with Crippen LogP contribution in [0.25, 0.3) is 0 Å². The Bertz CT molecular complexity index is 848. The minimum Gasteiger partial charge on any atom is -0.496 e. The van der Waals surface area contributed by atoms with Crippen LogP contribution in [0, 0.1) is 11.7 Å².